The highest BCUT2D eigenvalue weighted by Gasteiger charge is 2.14. The van der Waals surface area contributed by atoms with Gasteiger partial charge < -0.3 is 15.2 Å². The van der Waals surface area contributed by atoms with Gasteiger partial charge in [0.2, 0.25) is 0 Å². The number of carboxylic acid groups (broad SMARTS) is 2. The Morgan fingerprint density at radius 3 is 2.23 bits per heavy atom. The second-order valence-corrected chi connectivity index (χ2v) is 6.22. The lowest BCUT2D eigenvalue weighted by Gasteiger charge is -1.97. The number of aryl methyl sites for hydroxylation is 1. The Bertz CT molecular complexity index is 868. The first-order chi connectivity index (χ1) is 12.5. The quantitative estimate of drug-likeness (QED) is 0.452. The molecule has 0 aliphatic rings. The number of carboxylic acids is 2. The summed E-state index contributed by atoms with van der Waals surface area (Å²) < 4.78 is 0. The van der Waals surface area contributed by atoms with Crippen LogP contribution in [0, 0.1) is 0 Å². The van der Waals surface area contributed by atoms with Crippen LogP contribution >= 0.6 is 11.3 Å². The maximum absolute atomic E-state index is 10.6. The molecule has 0 aliphatic heterocycles. The lowest BCUT2D eigenvalue weighted by Crippen LogP contribution is -2.10. The number of Topliss-reactive ketones (excluding diaryl/α,β-unsaturated/α-hetero) is 1. The van der Waals surface area contributed by atoms with Crippen molar-refractivity contribution in [3.05, 3.63) is 70.5 Å². The van der Waals surface area contributed by atoms with Gasteiger partial charge in [0.1, 0.15) is 0 Å². The molecule has 6 nitrogen and oxygen atoms in total. The first-order valence-corrected chi connectivity index (χ1v) is 8.61. The fraction of sp³-hybridized carbons (Fsp3) is 0.105. The number of aliphatic carboxylic acids is 2. The number of hydrogen-bond acceptors (Lipinski definition) is 4. The molecule has 0 amide bonds. The van der Waals surface area contributed by atoms with E-state index in [-0.39, 0.29) is 11.3 Å². The van der Waals surface area contributed by atoms with E-state index < -0.39 is 17.7 Å². The van der Waals surface area contributed by atoms with Crippen LogP contribution in [0.4, 0.5) is 0 Å². The number of ketones is 1. The maximum Gasteiger partial charge on any atom is 0.378 e. The fourth-order valence-corrected chi connectivity index (χ4v) is 2.78. The Hall–Kier alpha value is -3.19. The van der Waals surface area contributed by atoms with Gasteiger partial charge >= 0.3 is 11.9 Å². The van der Waals surface area contributed by atoms with E-state index in [0.717, 1.165) is 28.3 Å². The van der Waals surface area contributed by atoms with E-state index in [1.165, 1.54) is 6.07 Å². The Morgan fingerprint density at radius 2 is 1.65 bits per heavy atom. The summed E-state index contributed by atoms with van der Waals surface area (Å²) in [5.74, 6) is -3.01. The summed E-state index contributed by atoms with van der Waals surface area (Å²) in [6.07, 6.45) is 0.705. The van der Waals surface area contributed by atoms with Gasteiger partial charge in [-0.1, -0.05) is 36.4 Å². The van der Waals surface area contributed by atoms with Crippen molar-refractivity contribution >= 4 is 29.1 Å². The Morgan fingerprint density at radius 1 is 0.923 bits per heavy atom. The van der Waals surface area contributed by atoms with Crippen LogP contribution in [0.2, 0.25) is 0 Å². The van der Waals surface area contributed by atoms with Gasteiger partial charge in [0.15, 0.2) is 0 Å². The van der Waals surface area contributed by atoms with E-state index >= 15 is 0 Å². The third-order valence-electron chi connectivity index (χ3n) is 3.38. The summed E-state index contributed by atoms with van der Waals surface area (Å²) in [5.41, 5.74) is 3.10. The standard InChI is InChI=1S/C13H13NO2.C6H4O3S/c15-13(16)9-7-11-6-8-12(14-11)10-4-2-1-3-5-10;7-5(6(8)9)4-2-1-3-10-4/h1-6,8,14H,7,9H2,(H,15,16);1-3H,(H,8,9). The van der Waals surface area contributed by atoms with Crippen LogP contribution in [0.5, 0.6) is 0 Å². The molecule has 0 bridgehead atoms. The smallest absolute Gasteiger partial charge is 0.378 e. The fourth-order valence-electron chi connectivity index (χ4n) is 2.13. The first-order valence-electron chi connectivity index (χ1n) is 7.73. The average molecular weight is 371 g/mol. The lowest BCUT2D eigenvalue weighted by atomic mass is 10.2. The molecular weight excluding hydrogens is 354 g/mol. The number of hydrogen-bond donors (Lipinski definition) is 3. The summed E-state index contributed by atoms with van der Waals surface area (Å²) in [6.45, 7) is 0. The number of rotatable bonds is 6. The molecule has 3 aromatic rings. The van der Waals surface area contributed by atoms with Gasteiger partial charge in [0.05, 0.1) is 11.3 Å². The molecule has 3 rings (SSSR count). The van der Waals surface area contributed by atoms with E-state index in [4.69, 9.17) is 10.2 Å². The molecule has 0 fully saturated rings. The minimum atomic E-state index is -1.40. The second-order valence-electron chi connectivity index (χ2n) is 5.27. The molecule has 0 unspecified atom stereocenters. The number of nitrogens with one attached hydrogen (secondary N) is 1. The predicted octanol–water partition coefficient (Wildman–Crippen LogP) is 3.71. The number of aromatic amines is 1. The van der Waals surface area contributed by atoms with Crippen LogP contribution in [0.25, 0.3) is 11.3 Å². The molecule has 2 heterocycles. The van der Waals surface area contributed by atoms with E-state index in [0.29, 0.717) is 6.42 Å². The second kappa shape index (κ2) is 9.33. The molecule has 0 radical (unpaired) electrons. The van der Waals surface area contributed by atoms with Crippen molar-refractivity contribution in [2.75, 3.05) is 0 Å². The van der Waals surface area contributed by atoms with Gasteiger partial charge in [-0.2, -0.15) is 0 Å². The van der Waals surface area contributed by atoms with Crippen LogP contribution in [0.1, 0.15) is 21.8 Å². The average Bonchev–Trinajstić information content (AvgIpc) is 3.32. The molecule has 3 N–H and O–H groups in total. The number of aromatic nitrogens is 1. The van der Waals surface area contributed by atoms with Crippen molar-refractivity contribution in [1.29, 1.82) is 0 Å². The van der Waals surface area contributed by atoms with Crippen LogP contribution < -0.4 is 0 Å². The van der Waals surface area contributed by atoms with Crippen molar-refractivity contribution in [1.82, 2.24) is 4.98 Å². The van der Waals surface area contributed by atoms with Gasteiger partial charge in [-0.3, -0.25) is 9.59 Å². The normalized spacial score (nSPS) is 9.85. The summed E-state index contributed by atoms with van der Waals surface area (Å²) in [5, 5.41) is 18.5. The minimum absolute atomic E-state index is 0.161. The van der Waals surface area contributed by atoms with Gasteiger partial charge in [0.25, 0.3) is 5.78 Å². The zero-order valence-corrected chi connectivity index (χ0v) is 14.5. The van der Waals surface area contributed by atoms with E-state index in [1.807, 2.05) is 42.5 Å². The van der Waals surface area contributed by atoms with Crippen molar-refractivity contribution in [3.8, 4) is 11.3 Å². The zero-order valence-electron chi connectivity index (χ0n) is 13.7. The molecule has 134 valence electrons. The highest BCUT2D eigenvalue weighted by atomic mass is 32.1. The van der Waals surface area contributed by atoms with Crippen LogP contribution in [0.3, 0.4) is 0 Å². The van der Waals surface area contributed by atoms with Gasteiger partial charge in [-0.15, -0.1) is 11.3 Å². The van der Waals surface area contributed by atoms with Crippen molar-refractivity contribution < 1.29 is 24.6 Å². The number of carbonyl (C=O) groups is 3. The zero-order chi connectivity index (χ0) is 18.9. The summed E-state index contributed by atoms with van der Waals surface area (Å²) in [7, 11) is 0. The number of carbonyl (C=O) groups excluding carboxylic acids is 1. The molecule has 0 saturated heterocycles. The Labute approximate surface area is 153 Å². The monoisotopic (exact) mass is 371 g/mol. The van der Waals surface area contributed by atoms with Crippen LogP contribution in [-0.2, 0) is 16.0 Å². The third kappa shape index (κ3) is 5.71. The predicted molar refractivity (Wildman–Crippen MR) is 98.5 cm³/mol. The Kier molecular flexibility index (Phi) is 6.87. The van der Waals surface area contributed by atoms with E-state index in [9.17, 15) is 14.4 Å². The van der Waals surface area contributed by atoms with Crippen molar-refractivity contribution in [2.24, 2.45) is 0 Å². The molecule has 0 spiro atoms. The lowest BCUT2D eigenvalue weighted by molar-refractivity contribution is -0.137. The molecule has 0 aliphatic carbocycles. The molecule has 7 heteroatoms. The van der Waals surface area contributed by atoms with E-state index in [2.05, 4.69) is 4.98 Å². The Balaban J connectivity index is 0.000000209. The van der Waals surface area contributed by atoms with Gasteiger partial charge in [-0.25, -0.2) is 4.79 Å². The molecular formula is C19H17NO5S. The SMILES string of the molecule is O=C(O)C(=O)c1cccs1.O=C(O)CCc1ccc(-c2ccccc2)[nH]1. The third-order valence-corrected chi connectivity index (χ3v) is 4.25. The van der Waals surface area contributed by atoms with Crippen molar-refractivity contribution in [2.45, 2.75) is 12.8 Å². The van der Waals surface area contributed by atoms with Crippen LogP contribution in [-0.4, -0.2) is 32.9 Å². The number of thiophene rings is 1. The summed E-state index contributed by atoms with van der Waals surface area (Å²) >= 11 is 1.13. The molecule has 2 aromatic heterocycles. The summed E-state index contributed by atoms with van der Waals surface area (Å²) in [4.78, 5) is 34.6. The highest BCUT2D eigenvalue weighted by molar-refractivity contribution is 7.12. The topological polar surface area (TPSA) is 107 Å². The first kappa shape index (κ1) is 19.1. The molecule has 26 heavy (non-hydrogen) atoms. The van der Waals surface area contributed by atoms with Crippen LogP contribution in [0.15, 0.2) is 60.0 Å². The highest BCUT2D eigenvalue weighted by Crippen LogP contribution is 2.18. The van der Waals surface area contributed by atoms with Gasteiger partial charge in [-0.05, 0) is 35.6 Å². The number of H-pyrrole nitrogens is 1. The molecule has 1 aromatic carbocycles. The molecule has 0 saturated carbocycles. The maximum atomic E-state index is 10.6. The summed E-state index contributed by atoms with van der Waals surface area (Å²) in [6, 6.07) is 17.0. The van der Waals surface area contributed by atoms with Gasteiger partial charge in [0, 0.05) is 11.4 Å². The number of benzene rings is 1. The largest absolute Gasteiger partial charge is 0.481 e. The molecule has 0 atom stereocenters. The van der Waals surface area contributed by atoms with Crippen molar-refractivity contribution in [3.63, 3.8) is 0 Å². The minimum Gasteiger partial charge on any atom is -0.481 e. The van der Waals surface area contributed by atoms with E-state index in [1.54, 1.807) is 11.4 Å².